The molecule has 1 aliphatic rings. The fourth-order valence-corrected chi connectivity index (χ4v) is 4.10. The maximum Gasteiger partial charge on any atom is 0.101 e. The van der Waals surface area contributed by atoms with E-state index in [-0.39, 0.29) is 0 Å². The van der Waals surface area contributed by atoms with Gasteiger partial charge in [0.05, 0.1) is 11.2 Å². The zero-order chi connectivity index (χ0) is 18.8. The van der Waals surface area contributed by atoms with Crippen molar-refractivity contribution in [2.45, 2.75) is 50.9 Å². The molecular formula is C22H28BrNO2. The summed E-state index contributed by atoms with van der Waals surface area (Å²) in [6.07, 6.45) is 1.45. The second-order valence-corrected chi connectivity index (χ2v) is 8.83. The van der Waals surface area contributed by atoms with Crippen LogP contribution in [0.4, 0.5) is 0 Å². The zero-order valence-corrected chi connectivity index (χ0v) is 17.4. The molecule has 1 heterocycles. The highest BCUT2D eigenvalue weighted by Crippen LogP contribution is 2.41. The smallest absolute Gasteiger partial charge is 0.101 e. The molecule has 0 aromatic heterocycles. The third-order valence-electron chi connectivity index (χ3n) is 5.23. The van der Waals surface area contributed by atoms with Gasteiger partial charge in [-0.25, -0.2) is 0 Å². The normalized spacial score (nSPS) is 23.0. The second kappa shape index (κ2) is 7.81. The van der Waals surface area contributed by atoms with Gasteiger partial charge in [0.2, 0.25) is 0 Å². The average Bonchev–Trinajstić information content (AvgIpc) is 2.62. The largest absolute Gasteiger partial charge is 0.390 e. The van der Waals surface area contributed by atoms with E-state index in [0.29, 0.717) is 19.2 Å². The first-order valence-corrected chi connectivity index (χ1v) is 10.00. The molecule has 0 bridgehead atoms. The molecule has 3 nitrogen and oxygen atoms in total. The zero-order valence-electron chi connectivity index (χ0n) is 15.8. The molecule has 1 saturated heterocycles. The Morgan fingerprint density at radius 3 is 2.35 bits per heavy atom. The molecule has 0 amide bonds. The third-order valence-corrected chi connectivity index (χ3v) is 5.76. The number of nitrogens with zero attached hydrogens (tertiary/aromatic N) is 1. The lowest BCUT2D eigenvalue weighted by Gasteiger charge is -2.46. The Bertz CT molecular complexity index is 701. The van der Waals surface area contributed by atoms with Crippen LogP contribution < -0.4 is 0 Å². The lowest BCUT2D eigenvalue weighted by molar-refractivity contribution is -0.177. The quantitative estimate of drug-likeness (QED) is 0.720. The van der Waals surface area contributed by atoms with Gasteiger partial charge in [-0.1, -0.05) is 58.4 Å². The van der Waals surface area contributed by atoms with Crippen LogP contribution in [-0.4, -0.2) is 28.9 Å². The van der Waals surface area contributed by atoms with E-state index in [4.69, 9.17) is 4.74 Å². The summed E-state index contributed by atoms with van der Waals surface area (Å²) in [6, 6.07) is 19.1. The van der Waals surface area contributed by atoms with Gasteiger partial charge in [-0.2, -0.15) is 0 Å². The molecule has 3 rings (SSSR count). The van der Waals surface area contributed by atoms with Gasteiger partial charge in [0.1, 0.15) is 6.73 Å². The van der Waals surface area contributed by atoms with Crippen LogP contribution in [0.3, 0.4) is 0 Å². The first-order valence-electron chi connectivity index (χ1n) is 9.20. The van der Waals surface area contributed by atoms with Crippen LogP contribution in [0, 0.1) is 0 Å². The van der Waals surface area contributed by atoms with Crippen LogP contribution in [0.5, 0.6) is 0 Å². The van der Waals surface area contributed by atoms with E-state index in [0.717, 1.165) is 23.0 Å². The van der Waals surface area contributed by atoms with Crippen molar-refractivity contribution in [1.29, 1.82) is 0 Å². The number of benzene rings is 2. The lowest BCUT2D eigenvalue weighted by Crippen LogP contribution is -2.48. The Morgan fingerprint density at radius 2 is 1.81 bits per heavy atom. The molecule has 1 N–H and O–H groups in total. The Morgan fingerprint density at radius 1 is 1.15 bits per heavy atom. The minimum atomic E-state index is -0.782. The van der Waals surface area contributed by atoms with Crippen LogP contribution in [0.1, 0.15) is 50.8 Å². The summed E-state index contributed by atoms with van der Waals surface area (Å²) in [5.74, 6) is 0. The van der Waals surface area contributed by atoms with Crippen molar-refractivity contribution in [3.05, 3.63) is 70.2 Å². The summed E-state index contributed by atoms with van der Waals surface area (Å²) < 4.78 is 7.56. The van der Waals surface area contributed by atoms with Crippen molar-refractivity contribution in [3.63, 3.8) is 0 Å². The molecule has 0 saturated carbocycles. The molecule has 1 aliphatic heterocycles. The molecule has 1 fully saturated rings. The topological polar surface area (TPSA) is 32.7 Å². The Balaban J connectivity index is 1.77. The summed E-state index contributed by atoms with van der Waals surface area (Å²) in [7, 11) is 0. The number of hydrogen-bond donors (Lipinski definition) is 1. The summed E-state index contributed by atoms with van der Waals surface area (Å²) in [5.41, 5.74) is 1.22. The van der Waals surface area contributed by atoms with Crippen molar-refractivity contribution in [1.82, 2.24) is 4.90 Å². The van der Waals surface area contributed by atoms with Crippen molar-refractivity contribution in [3.8, 4) is 0 Å². The monoisotopic (exact) mass is 417 g/mol. The van der Waals surface area contributed by atoms with Crippen LogP contribution in [0.25, 0.3) is 0 Å². The maximum atomic E-state index is 10.5. The number of aliphatic hydroxyl groups is 1. The Labute approximate surface area is 165 Å². The Hall–Kier alpha value is -1.20. The van der Waals surface area contributed by atoms with Gasteiger partial charge >= 0.3 is 0 Å². The van der Waals surface area contributed by atoms with E-state index in [2.05, 4.69) is 64.2 Å². The molecule has 2 aromatic rings. The van der Waals surface area contributed by atoms with E-state index in [1.807, 2.05) is 32.0 Å². The van der Waals surface area contributed by atoms with Crippen molar-refractivity contribution in [2.75, 3.05) is 13.3 Å². The minimum absolute atomic E-state index is 0.291. The van der Waals surface area contributed by atoms with E-state index in [9.17, 15) is 5.11 Å². The first-order chi connectivity index (χ1) is 12.3. The summed E-state index contributed by atoms with van der Waals surface area (Å²) in [4.78, 5) is 2.36. The van der Waals surface area contributed by atoms with Crippen LogP contribution >= 0.6 is 15.9 Å². The van der Waals surface area contributed by atoms with Gasteiger partial charge in [-0.05, 0) is 50.5 Å². The molecule has 0 unspecified atom stereocenters. The molecule has 140 valence electrons. The molecule has 0 radical (unpaired) electrons. The highest BCUT2D eigenvalue weighted by molar-refractivity contribution is 9.10. The van der Waals surface area contributed by atoms with Crippen LogP contribution in [0.15, 0.2) is 59.1 Å². The second-order valence-electron chi connectivity index (χ2n) is 7.91. The number of ether oxygens (including phenoxy) is 1. The molecule has 2 atom stereocenters. The Kier molecular flexibility index (Phi) is 5.88. The van der Waals surface area contributed by atoms with Gasteiger partial charge in [0, 0.05) is 23.5 Å². The fourth-order valence-electron chi connectivity index (χ4n) is 3.83. The molecule has 0 aliphatic carbocycles. The van der Waals surface area contributed by atoms with Crippen LogP contribution in [0.2, 0.25) is 0 Å². The summed E-state index contributed by atoms with van der Waals surface area (Å²) in [6.45, 7) is 7.43. The highest BCUT2D eigenvalue weighted by atomic mass is 79.9. The van der Waals surface area contributed by atoms with Gasteiger partial charge in [-0.3, -0.25) is 4.90 Å². The lowest BCUT2D eigenvalue weighted by atomic mass is 9.80. The fraction of sp³-hybridized carbons (Fsp3) is 0.455. The molecule has 0 spiro atoms. The van der Waals surface area contributed by atoms with Gasteiger partial charge in [0.15, 0.2) is 0 Å². The molecule has 26 heavy (non-hydrogen) atoms. The number of rotatable bonds is 5. The number of hydrogen-bond acceptors (Lipinski definition) is 3. The summed E-state index contributed by atoms with van der Waals surface area (Å²) in [5, 5.41) is 10.5. The SMILES string of the molecule is C[C@@H](c1ccc(Br)cc1)N1CC[C@](CC(C)(C)O)(c2ccccc2)OC1. The average molecular weight is 418 g/mol. The van der Waals surface area contributed by atoms with E-state index in [1.165, 1.54) is 5.56 Å². The van der Waals surface area contributed by atoms with Crippen molar-refractivity contribution >= 4 is 15.9 Å². The van der Waals surface area contributed by atoms with E-state index >= 15 is 0 Å². The van der Waals surface area contributed by atoms with E-state index < -0.39 is 11.2 Å². The first kappa shape index (κ1) is 19.6. The third kappa shape index (κ3) is 4.55. The maximum absolute atomic E-state index is 10.5. The van der Waals surface area contributed by atoms with Gasteiger partial charge in [0.25, 0.3) is 0 Å². The van der Waals surface area contributed by atoms with E-state index in [1.54, 1.807) is 0 Å². The van der Waals surface area contributed by atoms with Crippen molar-refractivity contribution in [2.24, 2.45) is 0 Å². The van der Waals surface area contributed by atoms with Gasteiger partial charge < -0.3 is 9.84 Å². The predicted octanol–water partition coefficient (Wildman–Crippen LogP) is 5.25. The molecular weight excluding hydrogens is 390 g/mol. The predicted molar refractivity (Wildman–Crippen MR) is 109 cm³/mol. The minimum Gasteiger partial charge on any atom is -0.390 e. The summed E-state index contributed by atoms with van der Waals surface area (Å²) >= 11 is 3.50. The van der Waals surface area contributed by atoms with Gasteiger partial charge in [-0.15, -0.1) is 0 Å². The standard InChI is InChI=1S/C22H28BrNO2/c1-17(18-9-11-20(23)12-10-18)24-14-13-22(26-16-24,15-21(2,3)25)19-7-5-4-6-8-19/h4-12,17,25H,13-16H2,1-3H3/t17-,22-/m0/s1. The van der Waals surface area contributed by atoms with Crippen LogP contribution in [-0.2, 0) is 10.3 Å². The highest BCUT2D eigenvalue weighted by Gasteiger charge is 2.42. The number of halogens is 1. The molecule has 2 aromatic carbocycles. The van der Waals surface area contributed by atoms with Crippen molar-refractivity contribution < 1.29 is 9.84 Å². The molecule has 4 heteroatoms.